The van der Waals surface area contributed by atoms with Gasteiger partial charge in [0.25, 0.3) is 0 Å². The van der Waals surface area contributed by atoms with E-state index in [9.17, 15) is 5.11 Å². The van der Waals surface area contributed by atoms with Crippen molar-refractivity contribution < 1.29 is 9.84 Å². The Morgan fingerprint density at radius 3 is 2.73 bits per heavy atom. The van der Waals surface area contributed by atoms with Gasteiger partial charge in [0.15, 0.2) is 0 Å². The standard InChI is InChI=1S/C11H16ClNO2/c1-7-4-5-9(15-3)11(12)10(7)8(14)6-13-2/h4-5,8,13-14H,6H2,1-3H3. The number of hydrogen-bond acceptors (Lipinski definition) is 3. The summed E-state index contributed by atoms with van der Waals surface area (Å²) < 4.78 is 5.11. The second-order valence-electron chi connectivity index (χ2n) is 3.39. The highest BCUT2D eigenvalue weighted by molar-refractivity contribution is 6.33. The average Bonchev–Trinajstić information content (AvgIpc) is 2.18. The third-order valence-electron chi connectivity index (χ3n) is 2.31. The first-order chi connectivity index (χ1) is 7.11. The van der Waals surface area contributed by atoms with Gasteiger partial charge in [-0.15, -0.1) is 0 Å². The molecule has 0 aliphatic heterocycles. The fourth-order valence-electron chi connectivity index (χ4n) is 1.53. The third-order valence-corrected chi connectivity index (χ3v) is 2.70. The molecule has 3 nitrogen and oxygen atoms in total. The minimum absolute atomic E-state index is 0.466. The molecule has 0 heterocycles. The maximum absolute atomic E-state index is 9.90. The Morgan fingerprint density at radius 1 is 1.53 bits per heavy atom. The van der Waals surface area contributed by atoms with Crippen molar-refractivity contribution in [2.75, 3.05) is 20.7 Å². The zero-order valence-corrected chi connectivity index (χ0v) is 9.93. The van der Waals surface area contributed by atoms with E-state index >= 15 is 0 Å². The number of aliphatic hydroxyl groups is 1. The number of likely N-dealkylation sites (N-methyl/N-ethyl adjacent to an activating group) is 1. The van der Waals surface area contributed by atoms with Gasteiger partial charge in [-0.25, -0.2) is 0 Å². The summed E-state index contributed by atoms with van der Waals surface area (Å²) in [6.07, 6.45) is -0.613. The van der Waals surface area contributed by atoms with E-state index in [1.54, 1.807) is 20.2 Å². The van der Waals surface area contributed by atoms with Crippen LogP contribution in [0.1, 0.15) is 17.2 Å². The minimum Gasteiger partial charge on any atom is -0.495 e. The van der Waals surface area contributed by atoms with E-state index < -0.39 is 6.10 Å². The van der Waals surface area contributed by atoms with E-state index in [0.717, 1.165) is 11.1 Å². The van der Waals surface area contributed by atoms with Crippen molar-refractivity contribution in [2.45, 2.75) is 13.0 Å². The Balaban J connectivity index is 3.14. The zero-order valence-electron chi connectivity index (χ0n) is 9.17. The van der Waals surface area contributed by atoms with Crippen LogP contribution in [0.2, 0.25) is 5.02 Å². The lowest BCUT2D eigenvalue weighted by molar-refractivity contribution is 0.177. The molecule has 0 amide bonds. The number of aryl methyl sites for hydroxylation is 1. The molecule has 0 fully saturated rings. The molecule has 0 saturated heterocycles. The molecule has 1 atom stereocenters. The molecule has 0 bridgehead atoms. The van der Waals surface area contributed by atoms with Gasteiger partial charge in [-0.1, -0.05) is 17.7 Å². The fraction of sp³-hybridized carbons (Fsp3) is 0.455. The van der Waals surface area contributed by atoms with Gasteiger partial charge in [-0.05, 0) is 25.6 Å². The van der Waals surface area contributed by atoms with E-state index in [-0.39, 0.29) is 0 Å². The summed E-state index contributed by atoms with van der Waals surface area (Å²) >= 11 is 6.13. The molecular formula is C11H16ClNO2. The topological polar surface area (TPSA) is 41.5 Å². The highest BCUT2D eigenvalue weighted by atomic mass is 35.5. The molecule has 0 aliphatic carbocycles. The number of aliphatic hydroxyl groups excluding tert-OH is 1. The molecule has 0 spiro atoms. The molecular weight excluding hydrogens is 214 g/mol. The quantitative estimate of drug-likeness (QED) is 0.829. The number of rotatable bonds is 4. The normalized spacial score (nSPS) is 12.6. The lowest BCUT2D eigenvalue weighted by Crippen LogP contribution is -2.18. The first-order valence-corrected chi connectivity index (χ1v) is 5.15. The minimum atomic E-state index is -0.613. The molecule has 2 N–H and O–H groups in total. The van der Waals surface area contributed by atoms with Crippen LogP contribution in [-0.2, 0) is 0 Å². The molecule has 1 rings (SSSR count). The highest BCUT2D eigenvalue weighted by Crippen LogP contribution is 2.34. The Hall–Kier alpha value is -0.770. The van der Waals surface area contributed by atoms with Gasteiger partial charge in [0, 0.05) is 12.1 Å². The molecule has 0 aliphatic rings. The van der Waals surface area contributed by atoms with Crippen LogP contribution < -0.4 is 10.1 Å². The molecule has 0 saturated carbocycles. The summed E-state index contributed by atoms with van der Waals surface area (Å²) in [4.78, 5) is 0. The van der Waals surface area contributed by atoms with E-state index in [1.807, 2.05) is 13.0 Å². The van der Waals surface area contributed by atoms with Crippen molar-refractivity contribution in [1.82, 2.24) is 5.32 Å². The Labute approximate surface area is 95.0 Å². The number of hydrogen-bond donors (Lipinski definition) is 2. The van der Waals surface area contributed by atoms with Gasteiger partial charge in [-0.2, -0.15) is 0 Å². The lowest BCUT2D eigenvalue weighted by atomic mass is 10.0. The SMILES string of the molecule is CNCC(O)c1c(C)ccc(OC)c1Cl. The van der Waals surface area contributed by atoms with Crippen molar-refractivity contribution in [3.05, 3.63) is 28.3 Å². The zero-order chi connectivity index (χ0) is 11.4. The third kappa shape index (κ3) is 2.62. The van der Waals surface area contributed by atoms with Crippen molar-refractivity contribution in [1.29, 1.82) is 0 Å². The molecule has 0 radical (unpaired) electrons. The first-order valence-electron chi connectivity index (χ1n) is 4.77. The van der Waals surface area contributed by atoms with Crippen LogP contribution in [0.4, 0.5) is 0 Å². The van der Waals surface area contributed by atoms with Crippen molar-refractivity contribution in [3.8, 4) is 5.75 Å². The smallest absolute Gasteiger partial charge is 0.137 e. The van der Waals surface area contributed by atoms with E-state index in [2.05, 4.69) is 5.32 Å². The molecule has 1 aromatic rings. The van der Waals surface area contributed by atoms with Crippen molar-refractivity contribution in [3.63, 3.8) is 0 Å². The van der Waals surface area contributed by atoms with Crippen LogP contribution >= 0.6 is 11.6 Å². The molecule has 0 aromatic heterocycles. The number of methoxy groups -OCH3 is 1. The van der Waals surface area contributed by atoms with Crippen molar-refractivity contribution in [2.24, 2.45) is 0 Å². The Morgan fingerprint density at radius 2 is 2.20 bits per heavy atom. The molecule has 15 heavy (non-hydrogen) atoms. The predicted octanol–water partition coefficient (Wildman–Crippen LogP) is 1.91. The Bertz CT molecular complexity index is 342. The van der Waals surface area contributed by atoms with E-state index in [1.165, 1.54) is 0 Å². The lowest BCUT2D eigenvalue weighted by Gasteiger charge is -2.16. The summed E-state index contributed by atoms with van der Waals surface area (Å²) in [7, 11) is 3.34. The van der Waals surface area contributed by atoms with Crippen molar-refractivity contribution >= 4 is 11.6 Å². The van der Waals surface area contributed by atoms with Gasteiger partial charge < -0.3 is 15.2 Å². The number of benzene rings is 1. The number of ether oxygens (including phenoxy) is 1. The largest absolute Gasteiger partial charge is 0.495 e. The van der Waals surface area contributed by atoms with E-state index in [4.69, 9.17) is 16.3 Å². The highest BCUT2D eigenvalue weighted by Gasteiger charge is 2.16. The van der Waals surface area contributed by atoms with Gasteiger partial charge in [0.05, 0.1) is 18.2 Å². The number of nitrogens with one attached hydrogen (secondary N) is 1. The van der Waals surface area contributed by atoms with Crippen LogP contribution in [0.3, 0.4) is 0 Å². The summed E-state index contributed by atoms with van der Waals surface area (Å²) in [6, 6.07) is 3.69. The number of halogens is 1. The maximum atomic E-state index is 9.90. The van der Waals surface area contributed by atoms with Crippen LogP contribution in [0.15, 0.2) is 12.1 Å². The predicted molar refractivity (Wildman–Crippen MR) is 61.6 cm³/mol. The van der Waals surface area contributed by atoms with Crippen LogP contribution in [0.25, 0.3) is 0 Å². The van der Waals surface area contributed by atoms with Gasteiger partial charge in [0.2, 0.25) is 0 Å². The van der Waals surface area contributed by atoms with Crippen LogP contribution in [0.5, 0.6) is 5.75 Å². The molecule has 1 unspecified atom stereocenters. The van der Waals surface area contributed by atoms with Crippen LogP contribution in [0, 0.1) is 6.92 Å². The molecule has 1 aromatic carbocycles. The van der Waals surface area contributed by atoms with Gasteiger partial charge >= 0.3 is 0 Å². The first kappa shape index (κ1) is 12.3. The molecule has 84 valence electrons. The summed E-state index contributed by atoms with van der Waals surface area (Å²) in [5.41, 5.74) is 1.69. The summed E-state index contributed by atoms with van der Waals surface area (Å²) in [5.74, 6) is 0.590. The van der Waals surface area contributed by atoms with Gasteiger partial charge in [0.1, 0.15) is 5.75 Å². The fourth-order valence-corrected chi connectivity index (χ4v) is 1.95. The monoisotopic (exact) mass is 229 g/mol. The van der Waals surface area contributed by atoms with E-state index in [0.29, 0.717) is 17.3 Å². The Kier molecular flexibility index (Phi) is 4.39. The summed E-state index contributed by atoms with van der Waals surface area (Å²) in [5, 5.41) is 13.3. The summed E-state index contributed by atoms with van der Waals surface area (Å²) in [6.45, 7) is 2.38. The maximum Gasteiger partial charge on any atom is 0.137 e. The molecule has 4 heteroatoms. The second-order valence-corrected chi connectivity index (χ2v) is 3.76. The second kappa shape index (κ2) is 5.35. The average molecular weight is 230 g/mol. The van der Waals surface area contributed by atoms with Gasteiger partial charge in [-0.3, -0.25) is 0 Å². The van der Waals surface area contributed by atoms with Crippen LogP contribution in [-0.4, -0.2) is 25.8 Å².